The van der Waals surface area contributed by atoms with Crippen molar-refractivity contribution in [1.82, 2.24) is 4.90 Å². The van der Waals surface area contributed by atoms with Crippen LogP contribution in [0.3, 0.4) is 0 Å². The minimum atomic E-state index is 0.274. The maximum Gasteiger partial charge on any atom is 0.231 e. The van der Waals surface area contributed by atoms with Gasteiger partial charge in [-0.05, 0) is 43.3 Å². The van der Waals surface area contributed by atoms with Crippen LogP contribution in [0.5, 0.6) is 11.5 Å². The molecule has 0 spiro atoms. The molecular formula is C18H18ClNO2. The Bertz CT molecular complexity index is 729. The maximum atomic E-state index is 6.53. The number of halogens is 1. The fraction of sp³-hybridized carbons (Fsp3) is 0.333. The van der Waals surface area contributed by atoms with E-state index in [1.807, 2.05) is 12.1 Å². The molecule has 2 aromatic carbocycles. The molecule has 0 fully saturated rings. The maximum absolute atomic E-state index is 6.53. The minimum absolute atomic E-state index is 0.274. The molecule has 2 atom stereocenters. The molecule has 0 bridgehead atoms. The largest absolute Gasteiger partial charge is 0.454 e. The summed E-state index contributed by atoms with van der Waals surface area (Å²) in [6.45, 7) is 0.274. The van der Waals surface area contributed by atoms with Gasteiger partial charge in [0.15, 0.2) is 11.5 Å². The van der Waals surface area contributed by atoms with E-state index in [-0.39, 0.29) is 6.79 Å². The average molecular weight is 316 g/mol. The van der Waals surface area contributed by atoms with Crippen LogP contribution in [0.25, 0.3) is 0 Å². The number of hydrogen-bond acceptors (Lipinski definition) is 3. The molecule has 0 aromatic heterocycles. The molecule has 1 aliphatic carbocycles. The highest BCUT2D eigenvalue weighted by atomic mass is 35.5. The van der Waals surface area contributed by atoms with Crippen LogP contribution in [0, 0.1) is 0 Å². The third kappa shape index (κ3) is 2.08. The lowest BCUT2D eigenvalue weighted by Crippen LogP contribution is -2.17. The molecular weight excluding hydrogens is 298 g/mol. The predicted molar refractivity (Wildman–Crippen MR) is 86.9 cm³/mol. The Labute approximate surface area is 135 Å². The Kier molecular flexibility index (Phi) is 3.28. The van der Waals surface area contributed by atoms with Crippen molar-refractivity contribution in [3.63, 3.8) is 0 Å². The molecule has 1 aliphatic heterocycles. The van der Waals surface area contributed by atoms with Crippen molar-refractivity contribution in [2.45, 2.75) is 18.4 Å². The van der Waals surface area contributed by atoms with Gasteiger partial charge in [0.05, 0.1) is 0 Å². The number of benzene rings is 2. The smallest absolute Gasteiger partial charge is 0.231 e. The van der Waals surface area contributed by atoms with E-state index in [9.17, 15) is 0 Å². The normalized spacial score (nSPS) is 22.2. The van der Waals surface area contributed by atoms with E-state index in [2.05, 4.69) is 43.3 Å². The van der Waals surface area contributed by atoms with Gasteiger partial charge in [0.2, 0.25) is 6.79 Å². The van der Waals surface area contributed by atoms with Crippen molar-refractivity contribution >= 4 is 11.6 Å². The van der Waals surface area contributed by atoms with E-state index in [4.69, 9.17) is 21.1 Å². The summed E-state index contributed by atoms with van der Waals surface area (Å²) in [5.74, 6) is 1.83. The van der Waals surface area contributed by atoms with Gasteiger partial charge in [-0.3, -0.25) is 0 Å². The predicted octanol–water partition coefficient (Wildman–Crippen LogP) is 4.21. The molecule has 2 aliphatic rings. The van der Waals surface area contributed by atoms with Crippen LogP contribution in [0.1, 0.15) is 35.1 Å². The molecule has 0 unspecified atom stereocenters. The molecule has 3 nitrogen and oxygen atoms in total. The Morgan fingerprint density at radius 3 is 2.41 bits per heavy atom. The van der Waals surface area contributed by atoms with E-state index >= 15 is 0 Å². The van der Waals surface area contributed by atoms with Gasteiger partial charge < -0.3 is 14.4 Å². The first-order valence-electron chi connectivity index (χ1n) is 7.49. The summed E-state index contributed by atoms with van der Waals surface area (Å²) in [7, 11) is 4.26. The number of ether oxygens (including phenoxy) is 2. The van der Waals surface area contributed by atoms with Crippen LogP contribution in [0.2, 0.25) is 5.02 Å². The lowest BCUT2D eigenvalue weighted by atomic mass is 9.92. The van der Waals surface area contributed by atoms with Gasteiger partial charge in [-0.2, -0.15) is 0 Å². The van der Waals surface area contributed by atoms with E-state index < -0.39 is 0 Å². The Morgan fingerprint density at radius 2 is 1.68 bits per heavy atom. The van der Waals surface area contributed by atoms with E-state index in [0.717, 1.165) is 28.5 Å². The summed E-state index contributed by atoms with van der Waals surface area (Å²) in [5.41, 5.74) is 3.89. The zero-order chi connectivity index (χ0) is 15.3. The Hall–Kier alpha value is -1.71. The highest BCUT2D eigenvalue weighted by molar-refractivity contribution is 6.31. The van der Waals surface area contributed by atoms with Gasteiger partial charge in [0.1, 0.15) is 0 Å². The second kappa shape index (κ2) is 5.18. The second-order valence-electron chi connectivity index (χ2n) is 6.12. The number of rotatable bonds is 2. The molecule has 4 rings (SSSR count). The lowest BCUT2D eigenvalue weighted by molar-refractivity contribution is 0.174. The van der Waals surface area contributed by atoms with Gasteiger partial charge in [-0.25, -0.2) is 0 Å². The van der Waals surface area contributed by atoms with Crippen LogP contribution in [-0.2, 0) is 0 Å². The average Bonchev–Trinajstić information content (AvgIpc) is 3.10. The van der Waals surface area contributed by atoms with Crippen LogP contribution in [0.4, 0.5) is 0 Å². The zero-order valence-electron chi connectivity index (χ0n) is 12.7. The van der Waals surface area contributed by atoms with E-state index in [1.54, 1.807) is 0 Å². The van der Waals surface area contributed by atoms with Crippen molar-refractivity contribution in [2.75, 3.05) is 20.9 Å². The van der Waals surface area contributed by atoms with Gasteiger partial charge in [0.25, 0.3) is 0 Å². The molecule has 0 amide bonds. The highest BCUT2D eigenvalue weighted by Crippen LogP contribution is 2.49. The van der Waals surface area contributed by atoms with Crippen molar-refractivity contribution in [2.24, 2.45) is 0 Å². The molecule has 1 heterocycles. The fourth-order valence-electron chi connectivity index (χ4n) is 3.59. The minimum Gasteiger partial charge on any atom is -0.454 e. The molecule has 0 saturated heterocycles. The molecule has 0 N–H and O–H groups in total. The highest BCUT2D eigenvalue weighted by Gasteiger charge is 2.34. The van der Waals surface area contributed by atoms with Crippen molar-refractivity contribution in [1.29, 1.82) is 0 Å². The number of hydrogen-bond donors (Lipinski definition) is 0. The number of fused-ring (bicyclic) bond motifs is 2. The Morgan fingerprint density at radius 1 is 1.00 bits per heavy atom. The molecule has 2 aromatic rings. The quantitative estimate of drug-likeness (QED) is 0.828. The standard InChI is InChI=1S/C18H18ClNO2/c1-20(2)16-7-13(11-5-3-4-6-12(11)16)14-8-17-18(9-15(14)19)22-10-21-17/h3-6,8-9,13,16H,7,10H2,1-2H3/t13-,16+/m0/s1. The summed E-state index contributed by atoms with van der Waals surface area (Å²) < 4.78 is 10.9. The third-order valence-electron chi connectivity index (χ3n) is 4.68. The topological polar surface area (TPSA) is 21.7 Å². The van der Waals surface area contributed by atoms with Gasteiger partial charge >= 0.3 is 0 Å². The monoisotopic (exact) mass is 315 g/mol. The van der Waals surface area contributed by atoms with Gasteiger partial charge in [0, 0.05) is 23.0 Å². The van der Waals surface area contributed by atoms with E-state index in [1.165, 1.54) is 11.1 Å². The summed E-state index contributed by atoms with van der Waals surface area (Å²) in [6, 6.07) is 13.0. The molecule has 0 saturated carbocycles. The van der Waals surface area contributed by atoms with Gasteiger partial charge in [-0.1, -0.05) is 35.9 Å². The first-order chi connectivity index (χ1) is 10.6. The molecule has 22 heavy (non-hydrogen) atoms. The van der Waals surface area contributed by atoms with Crippen molar-refractivity contribution < 1.29 is 9.47 Å². The number of nitrogens with zero attached hydrogens (tertiary/aromatic N) is 1. The first-order valence-corrected chi connectivity index (χ1v) is 7.87. The molecule has 0 radical (unpaired) electrons. The van der Waals surface area contributed by atoms with Crippen molar-refractivity contribution in [3.05, 3.63) is 58.1 Å². The van der Waals surface area contributed by atoms with Crippen LogP contribution in [-0.4, -0.2) is 25.8 Å². The summed E-state index contributed by atoms with van der Waals surface area (Å²) in [5, 5.41) is 0.753. The summed E-state index contributed by atoms with van der Waals surface area (Å²) >= 11 is 6.53. The summed E-state index contributed by atoms with van der Waals surface area (Å²) in [6.07, 6.45) is 1.03. The zero-order valence-corrected chi connectivity index (χ0v) is 13.4. The second-order valence-corrected chi connectivity index (χ2v) is 6.53. The van der Waals surface area contributed by atoms with Crippen LogP contribution < -0.4 is 9.47 Å². The fourth-order valence-corrected chi connectivity index (χ4v) is 3.88. The van der Waals surface area contributed by atoms with E-state index in [0.29, 0.717) is 12.0 Å². The SMILES string of the molecule is CN(C)[C@@H]1C[C@H](c2cc3c(cc2Cl)OCO3)c2ccccc21. The van der Waals surface area contributed by atoms with Crippen molar-refractivity contribution in [3.8, 4) is 11.5 Å². The third-order valence-corrected chi connectivity index (χ3v) is 5.01. The Balaban J connectivity index is 1.81. The summed E-state index contributed by atoms with van der Waals surface area (Å²) in [4.78, 5) is 2.28. The molecule has 114 valence electrons. The first kappa shape index (κ1) is 13.9. The van der Waals surface area contributed by atoms with Gasteiger partial charge in [-0.15, -0.1) is 0 Å². The molecule has 4 heteroatoms. The van der Waals surface area contributed by atoms with Crippen LogP contribution in [0.15, 0.2) is 36.4 Å². The van der Waals surface area contributed by atoms with Crippen LogP contribution >= 0.6 is 11.6 Å². The lowest BCUT2D eigenvalue weighted by Gasteiger charge is -2.20.